The van der Waals surface area contributed by atoms with Crippen LogP contribution >= 0.6 is 0 Å². The van der Waals surface area contributed by atoms with Gasteiger partial charge in [0.25, 0.3) is 0 Å². The monoisotopic (exact) mass is 271 g/mol. The molecular formula is C15H21N5. The van der Waals surface area contributed by atoms with E-state index in [9.17, 15) is 0 Å². The first-order chi connectivity index (χ1) is 9.69. The normalized spacial score (nSPS) is 11.1. The van der Waals surface area contributed by atoms with Crippen LogP contribution in [0.3, 0.4) is 0 Å². The Morgan fingerprint density at radius 3 is 2.75 bits per heavy atom. The molecule has 0 aliphatic rings. The van der Waals surface area contributed by atoms with Gasteiger partial charge in [-0.05, 0) is 44.3 Å². The third-order valence-electron chi connectivity index (χ3n) is 3.66. The lowest BCUT2D eigenvalue weighted by Gasteiger charge is -2.18. The van der Waals surface area contributed by atoms with Gasteiger partial charge in [0.05, 0.1) is 22.7 Å². The summed E-state index contributed by atoms with van der Waals surface area (Å²) in [5.41, 5.74) is 8.42. The number of aryl methyl sites for hydroxylation is 1. The average molecular weight is 271 g/mol. The van der Waals surface area contributed by atoms with Crippen LogP contribution in [0.4, 0.5) is 5.95 Å². The first-order valence-corrected chi connectivity index (χ1v) is 7.07. The number of rotatable bonds is 6. The molecule has 0 aliphatic carbocycles. The smallest absolute Gasteiger partial charge is 0.201 e. The van der Waals surface area contributed by atoms with Crippen LogP contribution in [-0.2, 0) is 6.54 Å². The molecule has 20 heavy (non-hydrogen) atoms. The van der Waals surface area contributed by atoms with Gasteiger partial charge in [0, 0.05) is 6.54 Å². The summed E-state index contributed by atoms with van der Waals surface area (Å²) in [6.45, 7) is 8.34. The molecule has 0 saturated heterocycles. The lowest BCUT2D eigenvalue weighted by atomic mass is 10.2. The minimum atomic E-state index is 0.523. The number of hydrogen-bond donors (Lipinski definition) is 1. The van der Waals surface area contributed by atoms with Crippen molar-refractivity contribution in [3.05, 3.63) is 23.8 Å². The van der Waals surface area contributed by atoms with Gasteiger partial charge in [-0.3, -0.25) is 0 Å². The molecule has 0 fully saturated rings. The molecule has 5 nitrogen and oxygen atoms in total. The lowest BCUT2D eigenvalue weighted by molar-refractivity contribution is 0.294. The van der Waals surface area contributed by atoms with Gasteiger partial charge >= 0.3 is 0 Å². The Kier molecular flexibility index (Phi) is 4.59. The molecule has 2 rings (SSSR count). The summed E-state index contributed by atoms with van der Waals surface area (Å²) < 4.78 is 2.00. The Hall–Kier alpha value is -2.06. The van der Waals surface area contributed by atoms with Crippen molar-refractivity contribution >= 4 is 17.0 Å². The molecule has 0 radical (unpaired) electrons. The minimum Gasteiger partial charge on any atom is -0.369 e. The van der Waals surface area contributed by atoms with Crippen LogP contribution in [0, 0.1) is 11.3 Å². The van der Waals surface area contributed by atoms with Crippen molar-refractivity contribution in [3.63, 3.8) is 0 Å². The van der Waals surface area contributed by atoms with Gasteiger partial charge in [0.1, 0.15) is 0 Å². The van der Waals surface area contributed by atoms with E-state index in [1.165, 1.54) is 0 Å². The number of benzene rings is 1. The summed E-state index contributed by atoms with van der Waals surface area (Å²) >= 11 is 0. The van der Waals surface area contributed by atoms with Gasteiger partial charge in [0.2, 0.25) is 5.95 Å². The zero-order valence-electron chi connectivity index (χ0n) is 12.1. The maximum Gasteiger partial charge on any atom is 0.201 e. The van der Waals surface area contributed by atoms with Crippen LogP contribution in [0.15, 0.2) is 18.2 Å². The Morgan fingerprint density at radius 2 is 2.10 bits per heavy atom. The summed E-state index contributed by atoms with van der Waals surface area (Å²) in [5.74, 6) is 0.523. The quantitative estimate of drug-likeness (QED) is 0.874. The lowest BCUT2D eigenvalue weighted by Crippen LogP contribution is -2.25. The van der Waals surface area contributed by atoms with E-state index in [0.29, 0.717) is 11.5 Å². The van der Waals surface area contributed by atoms with E-state index in [1.807, 2.05) is 16.7 Å². The Bertz CT molecular complexity index is 619. The van der Waals surface area contributed by atoms with Crippen molar-refractivity contribution in [2.24, 2.45) is 0 Å². The van der Waals surface area contributed by atoms with E-state index < -0.39 is 0 Å². The van der Waals surface area contributed by atoms with Crippen LogP contribution < -0.4 is 5.73 Å². The van der Waals surface area contributed by atoms with E-state index in [0.717, 1.165) is 43.6 Å². The average Bonchev–Trinajstić information content (AvgIpc) is 2.78. The molecular weight excluding hydrogens is 250 g/mol. The molecule has 1 aromatic carbocycles. The fraction of sp³-hybridized carbons (Fsp3) is 0.467. The number of nitrogen functional groups attached to an aromatic ring is 1. The van der Waals surface area contributed by atoms with Crippen LogP contribution in [0.25, 0.3) is 11.0 Å². The molecule has 1 heterocycles. The van der Waals surface area contributed by atoms with Gasteiger partial charge in [-0.1, -0.05) is 13.8 Å². The van der Waals surface area contributed by atoms with Crippen LogP contribution in [0.1, 0.15) is 25.8 Å². The molecule has 106 valence electrons. The van der Waals surface area contributed by atoms with Gasteiger partial charge < -0.3 is 15.2 Å². The number of nitriles is 1. The highest BCUT2D eigenvalue weighted by Crippen LogP contribution is 2.19. The number of nitrogens with zero attached hydrogens (tertiary/aromatic N) is 4. The number of anilines is 1. The van der Waals surface area contributed by atoms with Gasteiger partial charge in [-0.25, -0.2) is 4.98 Å². The third kappa shape index (κ3) is 2.91. The van der Waals surface area contributed by atoms with Crippen molar-refractivity contribution < 1.29 is 0 Å². The van der Waals surface area contributed by atoms with Crippen LogP contribution in [0.5, 0.6) is 0 Å². The Balaban J connectivity index is 2.17. The Labute approximate surface area is 119 Å². The molecule has 0 atom stereocenters. The van der Waals surface area contributed by atoms with Crippen molar-refractivity contribution in [2.75, 3.05) is 25.4 Å². The highest BCUT2D eigenvalue weighted by Gasteiger charge is 2.09. The van der Waals surface area contributed by atoms with Gasteiger partial charge in [-0.15, -0.1) is 0 Å². The van der Waals surface area contributed by atoms with E-state index >= 15 is 0 Å². The molecule has 0 unspecified atom stereocenters. The molecule has 1 aromatic heterocycles. The largest absolute Gasteiger partial charge is 0.369 e. The number of nitrogens with two attached hydrogens (primary N) is 1. The molecule has 2 aromatic rings. The summed E-state index contributed by atoms with van der Waals surface area (Å²) in [4.78, 5) is 6.73. The maximum absolute atomic E-state index is 8.99. The summed E-state index contributed by atoms with van der Waals surface area (Å²) in [5, 5.41) is 8.99. The standard InChI is InChI=1S/C15H21N5/c1-3-19(4-2)8-5-9-20-14-10-12(11-16)6-7-13(14)18-15(20)17/h6-7,10H,3-5,8-9H2,1-2H3,(H2,17,18). The van der Waals surface area contributed by atoms with E-state index in [1.54, 1.807) is 6.07 Å². The first-order valence-electron chi connectivity index (χ1n) is 7.07. The highest BCUT2D eigenvalue weighted by atomic mass is 15.2. The zero-order chi connectivity index (χ0) is 14.5. The molecule has 0 amide bonds. The van der Waals surface area contributed by atoms with Crippen LogP contribution in [-0.4, -0.2) is 34.1 Å². The zero-order valence-corrected chi connectivity index (χ0v) is 12.1. The van der Waals surface area contributed by atoms with Crippen LogP contribution in [0.2, 0.25) is 0 Å². The molecule has 2 N–H and O–H groups in total. The number of hydrogen-bond acceptors (Lipinski definition) is 4. The molecule has 0 spiro atoms. The van der Waals surface area contributed by atoms with Crippen molar-refractivity contribution in [2.45, 2.75) is 26.8 Å². The second-order valence-electron chi connectivity index (χ2n) is 4.82. The highest BCUT2D eigenvalue weighted by molar-refractivity contribution is 5.79. The van der Waals surface area contributed by atoms with Crippen molar-refractivity contribution in [1.29, 1.82) is 5.26 Å². The van der Waals surface area contributed by atoms with Gasteiger partial charge in [-0.2, -0.15) is 5.26 Å². The van der Waals surface area contributed by atoms with E-state index in [-0.39, 0.29) is 0 Å². The summed E-state index contributed by atoms with van der Waals surface area (Å²) in [6, 6.07) is 7.64. The number of fused-ring (bicyclic) bond motifs is 1. The predicted octanol–water partition coefficient (Wildman–Crippen LogP) is 2.22. The predicted molar refractivity (Wildman–Crippen MR) is 81.3 cm³/mol. The van der Waals surface area contributed by atoms with Crippen molar-refractivity contribution in [3.8, 4) is 6.07 Å². The topological polar surface area (TPSA) is 70.9 Å². The van der Waals surface area contributed by atoms with Crippen molar-refractivity contribution in [1.82, 2.24) is 14.5 Å². The SMILES string of the molecule is CCN(CC)CCCn1c(N)nc2ccc(C#N)cc21. The number of aromatic nitrogens is 2. The van der Waals surface area contributed by atoms with Gasteiger partial charge in [0.15, 0.2) is 0 Å². The second kappa shape index (κ2) is 6.40. The first kappa shape index (κ1) is 14.4. The number of imidazole rings is 1. The molecule has 0 saturated carbocycles. The summed E-state index contributed by atoms with van der Waals surface area (Å²) in [7, 11) is 0. The second-order valence-corrected chi connectivity index (χ2v) is 4.82. The summed E-state index contributed by atoms with van der Waals surface area (Å²) in [6.07, 6.45) is 1.02. The Morgan fingerprint density at radius 1 is 1.35 bits per heavy atom. The van der Waals surface area contributed by atoms with E-state index in [4.69, 9.17) is 11.0 Å². The minimum absolute atomic E-state index is 0.523. The van der Waals surface area contributed by atoms with E-state index in [2.05, 4.69) is 29.8 Å². The molecule has 5 heteroatoms. The third-order valence-corrected chi connectivity index (χ3v) is 3.66. The maximum atomic E-state index is 8.99. The molecule has 0 bridgehead atoms. The fourth-order valence-corrected chi connectivity index (χ4v) is 2.44. The molecule has 0 aliphatic heterocycles. The fourth-order valence-electron chi connectivity index (χ4n) is 2.44.